The molecule has 4 heteroatoms. The number of hydrogen-bond donors (Lipinski definition) is 0. The van der Waals surface area contributed by atoms with Gasteiger partial charge in [0.2, 0.25) is 0 Å². The lowest BCUT2D eigenvalue weighted by molar-refractivity contribution is 0.183. The Hall–Kier alpha value is -0.350. The van der Waals surface area contributed by atoms with Crippen molar-refractivity contribution < 1.29 is 4.74 Å². The summed E-state index contributed by atoms with van der Waals surface area (Å²) in [5.74, 6) is 0. The van der Waals surface area contributed by atoms with Crippen LogP contribution in [-0.2, 0) is 16.6 Å². The van der Waals surface area contributed by atoms with Gasteiger partial charge in [-0.3, -0.25) is 4.68 Å². The highest BCUT2D eigenvalue weighted by atomic mass is 79.9. The van der Waals surface area contributed by atoms with E-state index in [0.29, 0.717) is 6.61 Å². The highest BCUT2D eigenvalue weighted by Gasteiger charge is 1.98. The number of nitrogens with zero attached hydrogens (tertiary/aromatic N) is 2. The summed E-state index contributed by atoms with van der Waals surface area (Å²) in [6, 6.07) is 1.99. The molecule has 1 rings (SSSR count). The summed E-state index contributed by atoms with van der Waals surface area (Å²) in [4.78, 5) is 0. The Labute approximate surface area is 74.5 Å². The first kappa shape index (κ1) is 8.74. The zero-order valence-electron chi connectivity index (χ0n) is 6.46. The topological polar surface area (TPSA) is 27.1 Å². The Morgan fingerprint density at radius 1 is 1.73 bits per heavy atom. The molecule has 0 N–H and O–H groups in total. The predicted octanol–water partition coefficient (Wildman–Crippen LogP) is 1.42. The summed E-state index contributed by atoms with van der Waals surface area (Å²) in [6.45, 7) is 1.53. The van der Waals surface area contributed by atoms with Crippen molar-refractivity contribution in [1.82, 2.24) is 9.78 Å². The number of halogens is 1. The van der Waals surface area contributed by atoms with Gasteiger partial charge in [-0.1, -0.05) is 15.9 Å². The van der Waals surface area contributed by atoms with Crippen LogP contribution in [0.5, 0.6) is 0 Å². The molecular weight excluding hydrogens is 208 g/mol. The Balaban J connectivity index is 2.54. The van der Waals surface area contributed by atoms with E-state index in [-0.39, 0.29) is 0 Å². The van der Waals surface area contributed by atoms with Crippen molar-refractivity contribution in [2.24, 2.45) is 0 Å². The molecule has 0 bridgehead atoms. The van der Waals surface area contributed by atoms with Gasteiger partial charge in [0.15, 0.2) is 0 Å². The number of rotatable bonds is 4. The van der Waals surface area contributed by atoms with E-state index in [9.17, 15) is 0 Å². The summed E-state index contributed by atoms with van der Waals surface area (Å²) >= 11 is 3.38. The maximum absolute atomic E-state index is 4.94. The zero-order chi connectivity index (χ0) is 8.10. The standard InChI is InChI=1S/C7H11BrN2O/c1-11-5-4-10-7(6-8)2-3-9-10/h2-3H,4-6H2,1H3. The van der Waals surface area contributed by atoms with E-state index in [1.165, 1.54) is 5.69 Å². The molecule has 1 aromatic rings. The molecule has 0 atom stereocenters. The third-order valence-electron chi connectivity index (χ3n) is 1.45. The fourth-order valence-electron chi connectivity index (χ4n) is 0.853. The fourth-order valence-corrected chi connectivity index (χ4v) is 1.33. The average molecular weight is 219 g/mol. The van der Waals surface area contributed by atoms with Gasteiger partial charge in [-0.25, -0.2) is 0 Å². The lowest BCUT2D eigenvalue weighted by Gasteiger charge is -2.03. The van der Waals surface area contributed by atoms with Crippen molar-refractivity contribution in [1.29, 1.82) is 0 Å². The molecule has 0 aliphatic rings. The smallest absolute Gasteiger partial charge is 0.0658 e. The lowest BCUT2D eigenvalue weighted by atomic mass is 10.5. The molecule has 0 aliphatic carbocycles. The second kappa shape index (κ2) is 4.51. The van der Waals surface area contributed by atoms with E-state index in [1.54, 1.807) is 13.3 Å². The van der Waals surface area contributed by atoms with E-state index in [1.807, 2.05) is 10.7 Å². The molecule has 0 spiro atoms. The van der Waals surface area contributed by atoms with E-state index < -0.39 is 0 Å². The van der Waals surface area contributed by atoms with Gasteiger partial charge in [0.25, 0.3) is 0 Å². The van der Waals surface area contributed by atoms with Gasteiger partial charge in [0.1, 0.15) is 0 Å². The van der Waals surface area contributed by atoms with Crippen LogP contribution in [0.1, 0.15) is 5.69 Å². The van der Waals surface area contributed by atoms with Crippen LogP contribution in [0.3, 0.4) is 0 Å². The Morgan fingerprint density at radius 3 is 3.18 bits per heavy atom. The van der Waals surface area contributed by atoms with Gasteiger partial charge in [0.05, 0.1) is 13.2 Å². The van der Waals surface area contributed by atoms with E-state index in [0.717, 1.165) is 11.9 Å². The van der Waals surface area contributed by atoms with Crippen molar-refractivity contribution in [2.75, 3.05) is 13.7 Å². The van der Waals surface area contributed by atoms with Gasteiger partial charge < -0.3 is 4.74 Å². The third-order valence-corrected chi connectivity index (χ3v) is 2.02. The first-order valence-electron chi connectivity index (χ1n) is 3.44. The molecule has 1 aromatic heterocycles. The minimum absolute atomic E-state index is 0.710. The highest BCUT2D eigenvalue weighted by Crippen LogP contribution is 2.03. The Morgan fingerprint density at radius 2 is 2.55 bits per heavy atom. The Bertz CT molecular complexity index is 212. The molecule has 3 nitrogen and oxygen atoms in total. The minimum Gasteiger partial charge on any atom is -0.383 e. The van der Waals surface area contributed by atoms with Crippen molar-refractivity contribution in [3.05, 3.63) is 18.0 Å². The maximum Gasteiger partial charge on any atom is 0.0658 e. The normalized spacial score (nSPS) is 10.4. The van der Waals surface area contributed by atoms with Gasteiger partial charge in [-0.2, -0.15) is 5.10 Å². The molecule has 0 saturated carbocycles. The minimum atomic E-state index is 0.710. The van der Waals surface area contributed by atoms with Crippen LogP contribution in [0.15, 0.2) is 12.3 Å². The summed E-state index contributed by atoms with van der Waals surface area (Å²) in [7, 11) is 1.69. The number of hydrogen-bond acceptors (Lipinski definition) is 2. The highest BCUT2D eigenvalue weighted by molar-refractivity contribution is 9.08. The molecule has 0 aromatic carbocycles. The SMILES string of the molecule is COCCn1nccc1CBr. The molecule has 0 radical (unpaired) electrons. The molecule has 1 heterocycles. The third kappa shape index (κ3) is 2.31. The van der Waals surface area contributed by atoms with Crippen LogP contribution < -0.4 is 0 Å². The van der Waals surface area contributed by atoms with Gasteiger partial charge in [-0.15, -0.1) is 0 Å². The van der Waals surface area contributed by atoms with Gasteiger partial charge in [-0.05, 0) is 6.07 Å². The molecule has 0 fully saturated rings. The monoisotopic (exact) mass is 218 g/mol. The molecule has 0 amide bonds. The molecule has 62 valence electrons. The van der Waals surface area contributed by atoms with Crippen molar-refractivity contribution in [2.45, 2.75) is 11.9 Å². The summed E-state index contributed by atoms with van der Waals surface area (Å²) in [6.07, 6.45) is 1.80. The fraction of sp³-hybridized carbons (Fsp3) is 0.571. The summed E-state index contributed by atoms with van der Waals surface area (Å²) in [5, 5.41) is 4.98. The van der Waals surface area contributed by atoms with Crippen LogP contribution in [0.4, 0.5) is 0 Å². The quantitative estimate of drug-likeness (QED) is 0.716. The number of alkyl halides is 1. The average Bonchev–Trinajstić information content (AvgIpc) is 2.47. The first-order valence-corrected chi connectivity index (χ1v) is 4.56. The van der Waals surface area contributed by atoms with Crippen LogP contribution in [0, 0.1) is 0 Å². The number of aromatic nitrogens is 2. The van der Waals surface area contributed by atoms with E-state index in [2.05, 4.69) is 21.0 Å². The van der Waals surface area contributed by atoms with Crippen LogP contribution >= 0.6 is 15.9 Å². The zero-order valence-corrected chi connectivity index (χ0v) is 8.04. The molecule has 0 saturated heterocycles. The lowest BCUT2D eigenvalue weighted by Crippen LogP contribution is -2.08. The van der Waals surface area contributed by atoms with Crippen LogP contribution in [0.25, 0.3) is 0 Å². The van der Waals surface area contributed by atoms with Gasteiger partial charge >= 0.3 is 0 Å². The van der Waals surface area contributed by atoms with E-state index in [4.69, 9.17) is 4.74 Å². The largest absolute Gasteiger partial charge is 0.383 e. The van der Waals surface area contributed by atoms with Crippen LogP contribution in [0.2, 0.25) is 0 Å². The maximum atomic E-state index is 4.94. The van der Waals surface area contributed by atoms with Gasteiger partial charge in [0, 0.05) is 24.3 Å². The summed E-state index contributed by atoms with van der Waals surface area (Å²) in [5.41, 5.74) is 1.18. The second-order valence-corrected chi connectivity index (χ2v) is 2.73. The Kier molecular flexibility index (Phi) is 3.59. The summed E-state index contributed by atoms with van der Waals surface area (Å²) < 4.78 is 6.87. The first-order chi connectivity index (χ1) is 5.38. The van der Waals surface area contributed by atoms with E-state index >= 15 is 0 Å². The van der Waals surface area contributed by atoms with Crippen LogP contribution in [-0.4, -0.2) is 23.5 Å². The molecule has 11 heavy (non-hydrogen) atoms. The van der Waals surface area contributed by atoms with Crippen molar-refractivity contribution in [3.63, 3.8) is 0 Å². The number of ether oxygens (including phenoxy) is 1. The van der Waals surface area contributed by atoms with Crippen molar-refractivity contribution in [3.8, 4) is 0 Å². The predicted molar refractivity (Wildman–Crippen MR) is 46.7 cm³/mol. The second-order valence-electron chi connectivity index (χ2n) is 2.17. The number of methoxy groups -OCH3 is 1. The molecule has 0 aliphatic heterocycles. The van der Waals surface area contributed by atoms with Crippen molar-refractivity contribution >= 4 is 15.9 Å². The molecular formula is C7H11BrN2O. The molecule has 0 unspecified atom stereocenters.